The SMILES string of the molecule is CCNC(=NCCCSC)N1CCCC(C)C1.I. The van der Waals surface area contributed by atoms with Gasteiger partial charge in [0.2, 0.25) is 0 Å². The van der Waals surface area contributed by atoms with Gasteiger partial charge in [-0.15, -0.1) is 24.0 Å². The van der Waals surface area contributed by atoms with Gasteiger partial charge in [0.15, 0.2) is 5.96 Å². The van der Waals surface area contributed by atoms with E-state index in [2.05, 4.69) is 30.3 Å². The first-order chi connectivity index (χ1) is 8.27. The predicted molar refractivity (Wildman–Crippen MR) is 94.4 cm³/mol. The van der Waals surface area contributed by atoms with E-state index in [-0.39, 0.29) is 24.0 Å². The van der Waals surface area contributed by atoms with Crippen molar-refractivity contribution in [3.05, 3.63) is 0 Å². The summed E-state index contributed by atoms with van der Waals surface area (Å²) in [6.07, 6.45) is 6.00. The summed E-state index contributed by atoms with van der Waals surface area (Å²) in [5.41, 5.74) is 0. The van der Waals surface area contributed by atoms with Crippen molar-refractivity contribution in [2.45, 2.75) is 33.1 Å². The first-order valence-electron chi connectivity index (χ1n) is 6.80. The molecule has 0 aromatic heterocycles. The maximum Gasteiger partial charge on any atom is 0.193 e. The lowest BCUT2D eigenvalue weighted by Crippen LogP contribution is -2.46. The zero-order valence-electron chi connectivity index (χ0n) is 11.9. The van der Waals surface area contributed by atoms with Crippen LogP contribution in [0.4, 0.5) is 0 Å². The highest BCUT2D eigenvalue weighted by atomic mass is 127. The van der Waals surface area contributed by atoms with E-state index in [1.807, 2.05) is 11.8 Å². The molecule has 0 radical (unpaired) electrons. The molecule has 0 aromatic rings. The van der Waals surface area contributed by atoms with Crippen LogP contribution in [0.1, 0.15) is 33.1 Å². The Morgan fingerprint density at radius 3 is 2.89 bits per heavy atom. The molecule has 1 saturated heterocycles. The molecule has 1 atom stereocenters. The predicted octanol–water partition coefficient (Wildman–Crippen LogP) is 3.05. The molecule has 1 unspecified atom stereocenters. The largest absolute Gasteiger partial charge is 0.357 e. The summed E-state index contributed by atoms with van der Waals surface area (Å²) in [6, 6.07) is 0. The Morgan fingerprint density at radius 2 is 2.28 bits per heavy atom. The number of hydrogen-bond acceptors (Lipinski definition) is 2. The van der Waals surface area contributed by atoms with Crippen LogP contribution in [-0.4, -0.2) is 49.0 Å². The number of nitrogens with zero attached hydrogens (tertiary/aromatic N) is 2. The summed E-state index contributed by atoms with van der Waals surface area (Å²) in [5.74, 6) is 3.14. The normalized spacial score (nSPS) is 20.5. The van der Waals surface area contributed by atoms with Gasteiger partial charge < -0.3 is 10.2 Å². The van der Waals surface area contributed by atoms with Crippen molar-refractivity contribution in [3.8, 4) is 0 Å². The molecule has 5 heteroatoms. The maximum atomic E-state index is 4.73. The number of guanidine groups is 1. The van der Waals surface area contributed by atoms with Gasteiger partial charge in [0.25, 0.3) is 0 Å². The topological polar surface area (TPSA) is 27.6 Å². The van der Waals surface area contributed by atoms with Crippen LogP contribution in [0.15, 0.2) is 4.99 Å². The summed E-state index contributed by atoms with van der Waals surface area (Å²) < 4.78 is 0. The maximum absolute atomic E-state index is 4.73. The number of aliphatic imine (C=N–C) groups is 1. The van der Waals surface area contributed by atoms with Crippen molar-refractivity contribution in [3.63, 3.8) is 0 Å². The molecule has 0 saturated carbocycles. The fourth-order valence-electron chi connectivity index (χ4n) is 2.20. The third-order valence-corrected chi connectivity index (χ3v) is 3.76. The smallest absolute Gasteiger partial charge is 0.193 e. The minimum Gasteiger partial charge on any atom is -0.357 e. The lowest BCUT2D eigenvalue weighted by Gasteiger charge is -2.33. The van der Waals surface area contributed by atoms with E-state index >= 15 is 0 Å². The third-order valence-electron chi connectivity index (χ3n) is 3.06. The van der Waals surface area contributed by atoms with Gasteiger partial charge in [-0.25, -0.2) is 0 Å². The summed E-state index contributed by atoms with van der Waals surface area (Å²) in [4.78, 5) is 7.15. The average molecular weight is 385 g/mol. The van der Waals surface area contributed by atoms with Gasteiger partial charge in [-0.2, -0.15) is 11.8 Å². The first kappa shape index (κ1) is 18.4. The van der Waals surface area contributed by atoms with Crippen LogP contribution in [0.3, 0.4) is 0 Å². The second-order valence-electron chi connectivity index (χ2n) is 4.78. The van der Waals surface area contributed by atoms with E-state index in [4.69, 9.17) is 4.99 Å². The molecule has 0 spiro atoms. The molecule has 1 fully saturated rings. The lowest BCUT2D eigenvalue weighted by atomic mass is 10.0. The number of thioether (sulfide) groups is 1. The number of likely N-dealkylation sites (tertiary alicyclic amines) is 1. The minimum atomic E-state index is 0. The van der Waals surface area contributed by atoms with E-state index in [1.54, 1.807) is 0 Å². The first-order valence-corrected chi connectivity index (χ1v) is 8.19. The highest BCUT2D eigenvalue weighted by Crippen LogP contribution is 2.15. The van der Waals surface area contributed by atoms with E-state index in [0.717, 1.165) is 31.5 Å². The molecule has 1 N–H and O–H groups in total. The highest BCUT2D eigenvalue weighted by molar-refractivity contribution is 14.0. The van der Waals surface area contributed by atoms with Crippen molar-refractivity contribution in [2.24, 2.45) is 10.9 Å². The second-order valence-corrected chi connectivity index (χ2v) is 5.76. The van der Waals surface area contributed by atoms with Crippen molar-refractivity contribution in [1.29, 1.82) is 0 Å². The van der Waals surface area contributed by atoms with Gasteiger partial charge in [-0.3, -0.25) is 4.99 Å². The van der Waals surface area contributed by atoms with Crippen LogP contribution in [0.5, 0.6) is 0 Å². The van der Waals surface area contributed by atoms with Crippen LogP contribution < -0.4 is 5.32 Å². The standard InChI is InChI=1S/C13H27N3S.HI/c1-4-14-13(15-8-6-10-17-3)16-9-5-7-12(2)11-16;/h12H,4-11H2,1-3H3,(H,14,15);1H. The summed E-state index contributed by atoms with van der Waals surface area (Å²) in [5, 5.41) is 3.42. The summed E-state index contributed by atoms with van der Waals surface area (Å²) in [6.45, 7) is 8.72. The van der Waals surface area contributed by atoms with Crippen LogP contribution in [-0.2, 0) is 0 Å². The lowest BCUT2D eigenvalue weighted by molar-refractivity contribution is 0.266. The van der Waals surface area contributed by atoms with E-state index in [0.29, 0.717) is 0 Å². The fraction of sp³-hybridized carbons (Fsp3) is 0.923. The van der Waals surface area contributed by atoms with Gasteiger partial charge in [0.05, 0.1) is 0 Å². The van der Waals surface area contributed by atoms with E-state index in [1.165, 1.54) is 31.6 Å². The molecule has 1 aliphatic rings. The van der Waals surface area contributed by atoms with Crippen molar-refractivity contribution in [1.82, 2.24) is 10.2 Å². The molecule has 1 heterocycles. The quantitative estimate of drug-likeness (QED) is 0.341. The van der Waals surface area contributed by atoms with Gasteiger partial charge in [-0.1, -0.05) is 6.92 Å². The molecule has 108 valence electrons. The molecule has 0 aromatic carbocycles. The zero-order valence-corrected chi connectivity index (χ0v) is 15.1. The Labute approximate surface area is 134 Å². The number of nitrogens with one attached hydrogen (secondary N) is 1. The number of hydrogen-bond donors (Lipinski definition) is 1. The Morgan fingerprint density at radius 1 is 1.50 bits per heavy atom. The molecular weight excluding hydrogens is 357 g/mol. The fourth-order valence-corrected chi connectivity index (χ4v) is 2.62. The zero-order chi connectivity index (χ0) is 12.5. The van der Waals surface area contributed by atoms with Crippen molar-refractivity contribution < 1.29 is 0 Å². The van der Waals surface area contributed by atoms with Crippen LogP contribution in [0.2, 0.25) is 0 Å². The van der Waals surface area contributed by atoms with Gasteiger partial charge in [0.1, 0.15) is 0 Å². The van der Waals surface area contributed by atoms with Crippen molar-refractivity contribution in [2.75, 3.05) is 38.2 Å². The summed E-state index contributed by atoms with van der Waals surface area (Å²) >= 11 is 1.90. The molecule has 1 aliphatic heterocycles. The van der Waals surface area contributed by atoms with Gasteiger partial charge in [-0.05, 0) is 44.1 Å². The third kappa shape index (κ3) is 7.07. The van der Waals surface area contributed by atoms with Gasteiger partial charge >= 0.3 is 0 Å². The molecule has 1 rings (SSSR count). The van der Waals surface area contributed by atoms with Gasteiger partial charge in [0, 0.05) is 26.2 Å². The highest BCUT2D eigenvalue weighted by Gasteiger charge is 2.18. The minimum absolute atomic E-state index is 0. The number of piperidine rings is 1. The molecule has 0 amide bonds. The molecule has 0 aliphatic carbocycles. The van der Waals surface area contributed by atoms with Crippen LogP contribution in [0, 0.1) is 5.92 Å². The Balaban J connectivity index is 0.00000289. The Bertz CT molecular complexity index is 236. The van der Waals surface area contributed by atoms with Crippen LogP contribution >= 0.6 is 35.7 Å². The second kappa shape index (κ2) is 11.2. The average Bonchev–Trinajstić information content (AvgIpc) is 2.33. The van der Waals surface area contributed by atoms with E-state index in [9.17, 15) is 0 Å². The molecule has 0 bridgehead atoms. The van der Waals surface area contributed by atoms with Crippen molar-refractivity contribution >= 4 is 41.7 Å². The summed E-state index contributed by atoms with van der Waals surface area (Å²) in [7, 11) is 0. The number of rotatable bonds is 5. The monoisotopic (exact) mass is 385 g/mol. The molecular formula is C13H28IN3S. The molecule has 3 nitrogen and oxygen atoms in total. The van der Waals surface area contributed by atoms with Crippen LogP contribution in [0.25, 0.3) is 0 Å². The Hall–Kier alpha value is 0.350. The van der Waals surface area contributed by atoms with E-state index < -0.39 is 0 Å². The molecule has 18 heavy (non-hydrogen) atoms. The Kier molecular flexibility index (Phi) is 11.4. The number of halogens is 1.